The summed E-state index contributed by atoms with van der Waals surface area (Å²) in [6.45, 7) is 4.64. The van der Waals surface area contributed by atoms with Gasteiger partial charge < -0.3 is 4.57 Å². The van der Waals surface area contributed by atoms with Crippen molar-refractivity contribution in [3.05, 3.63) is 53.3 Å². The number of hydrogen-bond acceptors (Lipinski definition) is 2. The first kappa shape index (κ1) is 14.3. The van der Waals surface area contributed by atoms with Crippen LogP contribution in [0.1, 0.15) is 17.5 Å². The number of aryl methyl sites for hydroxylation is 3. The summed E-state index contributed by atoms with van der Waals surface area (Å²) in [5.41, 5.74) is 4.93. The highest BCUT2D eigenvalue weighted by Crippen LogP contribution is 2.27. The SMILES string of the molecule is Cc1cc2nc(-c3cccc(F)c3)n(CCC#N)c2cc1C. The molecule has 4 heteroatoms. The van der Waals surface area contributed by atoms with Gasteiger partial charge in [-0.25, -0.2) is 9.37 Å². The van der Waals surface area contributed by atoms with E-state index >= 15 is 0 Å². The molecule has 0 amide bonds. The van der Waals surface area contributed by atoms with Gasteiger partial charge in [0.25, 0.3) is 0 Å². The highest BCUT2D eigenvalue weighted by atomic mass is 19.1. The number of hydrogen-bond donors (Lipinski definition) is 0. The molecule has 0 spiro atoms. The zero-order valence-corrected chi connectivity index (χ0v) is 12.6. The van der Waals surface area contributed by atoms with E-state index in [0.29, 0.717) is 18.8 Å². The van der Waals surface area contributed by atoms with Crippen molar-refractivity contribution in [2.75, 3.05) is 0 Å². The molecular weight excluding hydrogens is 277 g/mol. The Hall–Kier alpha value is -2.67. The van der Waals surface area contributed by atoms with E-state index in [1.807, 2.05) is 23.6 Å². The van der Waals surface area contributed by atoms with Gasteiger partial charge in [0, 0.05) is 12.1 Å². The van der Waals surface area contributed by atoms with Crippen LogP contribution in [0.4, 0.5) is 4.39 Å². The van der Waals surface area contributed by atoms with Gasteiger partial charge in [0.1, 0.15) is 11.6 Å². The van der Waals surface area contributed by atoms with Crippen molar-refractivity contribution in [1.29, 1.82) is 5.26 Å². The molecule has 2 aromatic carbocycles. The second kappa shape index (κ2) is 5.61. The Bertz CT molecular complexity index is 887. The molecule has 0 fully saturated rings. The van der Waals surface area contributed by atoms with Crippen LogP contribution in [-0.2, 0) is 6.54 Å². The summed E-state index contributed by atoms with van der Waals surface area (Å²) in [5, 5.41) is 8.90. The minimum atomic E-state index is -0.288. The van der Waals surface area contributed by atoms with E-state index in [-0.39, 0.29) is 5.82 Å². The van der Waals surface area contributed by atoms with Crippen molar-refractivity contribution in [3.63, 3.8) is 0 Å². The fourth-order valence-electron chi connectivity index (χ4n) is 2.62. The summed E-state index contributed by atoms with van der Waals surface area (Å²) in [6, 6.07) is 12.7. The monoisotopic (exact) mass is 293 g/mol. The van der Waals surface area contributed by atoms with Gasteiger partial charge >= 0.3 is 0 Å². The minimum absolute atomic E-state index is 0.288. The summed E-state index contributed by atoms with van der Waals surface area (Å²) >= 11 is 0. The molecule has 0 aliphatic carbocycles. The average molecular weight is 293 g/mol. The molecule has 1 heterocycles. The lowest BCUT2D eigenvalue weighted by atomic mass is 10.1. The Balaban J connectivity index is 2.26. The standard InChI is InChI=1S/C18H16FN3/c1-12-9-16-17(10-13(12)2)22(8-4-7-20)18(21-16)14-5-3-6-15(19)11-14/h3,5-6,9-11H,4,8H2,1-2H3. The van der Waals surface area contributed by atoms with E-state index in [0.717, 1.165) is 16.6 Å². The highest BCUT2D eigenvalue weighted by molar-refractivity contribution is 5.82. The summed E-state index contributed by atoms with van der Waals surface area (Å²) in [5.74, 6) is 0.415. The van der Waals surface area contributed by atoms with E-state index in [4.69, 9.17) is 5.26 Å². The van der Waals surface area contributed by atoms with Crippen molar-refractivity contribution in [1.82, 2.24) is 9.55 Å². The van der Waals surface area contributed by atoms with Gasteiger partial charge in [0.15, 0.2) is 0 Å². The van der Waals surface area contributed by atoms with Gasteiger partial charge in [-0.3, -0.25) is 0 Å². The normalized spacial score (nSPS) is 10.8. The Kier molecular flexibility index (Phi) is 3.64. The van der Waals surface area contributed by atoms with Crippen molar-refractivity contribution >= 4 is 11.0 Å². The number of benzene rings is 2. The number of nitrogens with zero attached hydrogens (tertiary/aromatic N) is 3. The molecule has 3 rings (SSSR count). The molecule has 0 aliphatic rings. The first-order valence-electron chi connectivity index (χ1n) is 7.20. The first-order valence-corrected chi connectivity index (χ1v) is 7.20. The van der Waals surface area contributed by atoms with Crippen molar-refractivity contribution in [2.45, 2.75) is 26.8 Å². The number of aromatic nitrogens is 2. The van der Waals surface area contributed by atoms with Gasteiger partial charge in [-0.2, -0.15) is 5.26 Å². The maximum atomic E-state index is 13.5. The summed E-state index contributed by atoms with van der Waals surface area (Å²) in [6.07, 6.45) is 0.390. The van der Waals surface area contributed by atoms with Crippen LogP contribution in [-0.4, -0.2) is 9.55 Å². The van der Waals surface area contributed by atoms with Crippen molar-refractivity contribution in [2.24, 2.45) is 0 Å². The molecule has 0 N–H and O–H groups in total. The molecule has 0 aliphatic heterocycles. The maximum Gasteiger partial charge on any atom is 0.141 e. The fourth-order valence-corrected chi connectivity index (χ4v) is 2.62. The maximum absolute atomic E-state index is 13.5. The molecule has 1 aromatic heterocycles. The van der Waals surface area contributed by atoms with Crippen LogP contribution in [0.5, 0.6) is 0 Å². The second-order valence-corrected chi connectivity index (χ2v) is 5.43. The van der Waals surface area contributed by atoms with Crippen LogP contribution < -0.4 is 0 Å². The quantitative estimate of drug-likeness (QED) is 0.719. The zero-order valence-electron chi connectivity index (χ0n) is 12.6. The van der Waals surface area contributed by atoms with Gasteiger partial charge in [0.05, 0.1) is 23.5 Å². The molecule has 0 atom stereocenters. The molecule has 0 bridgehead atoms. The Morgan fingerprint density at radius 2 is 1.95 bits per heavy atom. The van der Waals surface area contributed by atoms with E-state index < -0.39 is 0 Å². The smallest absolute Gasteiger partial charge is 0.141 e. The fraction of sp³-hybridized carbons (Fsp3) is 0.222. The minimum Gasteiger partial charge on any atom is -0.323 e. The van der Waals surface area contributed by atoms with Crippen LogP contribution in [0.3, 0.4) is 0 Å². The van der Waals surface area contributed by atoms with Gasteiger partial charge in [0.2, 0.25) is 0 Å². The number of rotatable bonds is 3. The highest BCUT2D eigenvalue weighted by Gasteiger charge is 2.14. The molecule has 0 radical (unpaired) electrons. The molecular formula is C18H16FN3. The van der Waals surface area contributed by atoms with Gasteiger partial charge in [-0.1, -0.05) is 12.1 Å². The predicted octanol–water partition coefficient (Wildman–Crippen LogP) is 4.37. The Labute approximate surface area is 128 Å². The molecule has 3 nitrogen and oxygen atoms in total. The van der Waals surface area contributed by atoms with Crippen LogP contribution in [0.25, 0.3) is 22.4 Å². The lowest BCUT2D eigenvalue weighted by molar-refractivity contribution is 0.628. The van der Waals surface area contributed by atoms with E-state index in [1.54, 1.807) is 6.07 Å². The number of imidazole rings is 1. The molecule has 0 unspecified atom stereocenters. The number of nitriles is 1. The summed E-state index contributed by atoms with van der Waals surface area (Å²) < 4.78 is 15.5. The molecule has 110 valence electrons. The van der Waals surface area contributed by atoms with E-state index in [1.165, 1.54) is 23.3 Å². The summed E-state index contributed by atoms with van der Waals surface area (Å²) in [7, 11) is 0. The topological polar surface area (TPSA) is 41.6 Å². The van der Waals surface area contributed by atoms with Crippen LogP contribution in [0.15, 0.2) is 36.4 Å². The second-order valence-electron chi connectivity index (χ2n) is 5.43. The largest absolute Gasteiger partial charge is 0.323 e. The number of halogens is 1. The molecule has 0 saturated carbocycles. The van der Waals surface area contributed by atoms with Gasteiger partial charge in [-0.15, -0.1) is 0 Å². The van der Waals surface area contributed by atoms with Crippen molar-refractivity contribution < 1.29 is 4.39 Å². The molecule has 3 aromatic rings. The predicted molar refractivity (Wildman–Crippen MR) is 84.8 cm³/mol. The van der Waals surface area contributed by atoms with E-state index in [9.17, 15) is 4.39 Å². The van der Waals surface area contributed by atoms with Crippen LogP contribution in [0, 0.1) is 31.0 Å². The molecule has 22 heavy (non-hydrogen) atoms. The lowest BCUT2D eigenvalue weighted by Gasteiger charge is -2.08. The van der Waals surface area contributed by atoms with Crippen molar-refractivity contribution in [3.8, 4) is 17.5 Å². The van der Waals surface area contributed by atoms with Gasteiger partial charge in [-0.05, 0) is 49.2 Å². The lowest BCUT2D eigenvalue weighted by Crippen LogP contribution is -2.00. The average Bonchev–Trinajstić information content (AvgIpc) is 2.83. The third-order valence-corrected chi connectivity index (χ3v) is 3.89. The summed E-state index contributed by atoms with van der Waals surface area (Å²) in [4.78, 5) is 4.67. The van der Waals surface area contributed by atoms with E-state index in [2.05, 4.69) is 24.0 Å². The van der Waals surface area contributed by atoms with Crippen LogP contribution >= 0.6 is 0 Å². The third-order valence-electron chi connectivity index (χ3n) is 3.89. The first-order chi connectivity index (χ1) is 10.6. The Morgan fingerprint density at radius 1 is 1.18 bits per heavy atom. The third kappa shape index (κ3) is 2.46. The van der Waals surface area contributed by atoms with Crippen LogP contribution in [0.2, 0.25) is 0 Å². The Morgan fingerprint density at radius 3 is 2.68 bits per heavy atom. The molecule has 0 saturated heterocycles. The number of fused-ring (bicyclic) bond motifs is 1. The zero-order chi connectivity index (χ0) is 15.7.